The van der Waals surface area contributed by atoms with Gasteiger partial charge in [-0.25, -0.2) is 0 Å². The number of nitrogens with zero attached hydrogens (tertiary/aromatic N) is 1. The first-order valence-corrected chi connectivity index (χ1v) is 7.18. The van der Waals surface area contributed by atoms with Crippen LogP contribution >= 0.6 is 27.5 Å². The van der Waals surface area contributed by atoms with E-state index in [4.69, 9.17) is 16.3 Å². The van der Waals surface area contributed by atoms with Crippen molar-refractivity contribution in [1.82, 2.24) is 0 Å². The number of hydrogen-bond acceptors (Lipinski definition) is 4. The Hall–Kier alpha value is -1.79. The van der Waals surface area contributed by atoms with Gasteiger partial charge in [0.05, 0.1) is 22.7 Å². The quantitative estimate of drug-likeness (QED) is 0.614. The summed E-state index contributed by atoms with van der Waals surface area (Å²) in [4.78, 5) is 10.4. The minimum Gasteiger partial charge on any atom is -0.496 e. The molecular formula is C14H12BrClN2O3. The molecular weight excluding hydrogens is 360 g/mol. The number of nitro benzene ring substituents is 1. The van der Waals surface area contributed by atoms with E-state index in [1.54, 1.807) is 12.1 Å². The third kappa shape index (κ3) is 3.86. The lowest BCUT2D eigenvalue weighted by atomic mass is 10.1. The molecule has 0 aliphatic rings. The van der Waals surface area contributed by atoms with Crippen molar-refractivity contribution >= 4 is 38.9 Å². The highest BCUT2D eigenvalue weighted by molar-refractivity contribution is 9.10. The predicted octanol–water partition coefficient (Wildman–Crippen LogP) is 4.63. The van der Waals surface area contributed by atoms with Crippen LogP contribution in [-0.2, 0) is 6.54 Å². The molecule has 5 nitrogen and oxygen atoms in total. The molecule has 7 heteroatoms. The van der Waals surface area contributed by atoms with Crippen molar-refractivity contribution in [2.24, 2.45) is 0 Å². The Morgan fingerprint density at radius 2 is 2.10 bits per heavy atom. The van der Waals surface area contributed by atoms with E-state index in [9.17, 15) is 10.1 Å². The van der Waals surface area contributed by atoms with Crippen molar-refractivity contribution in [3.8, 4) is 5.75 Å². The molecule has 2 rings (SSSR count). The highest BCUT2D eigenvalue weighted by Crippen LogP contribution is 2.28. The van der Waals surface area contributed by atoms with Crippen LogP contribution in [0.15, 0.2) is 40.9 Å². The van der Waals surface area contributed by atoms with E-state index in [0.29, 0.717) is 22.9 Å². The lowest BCUT2D eigenvalue weighted by molar-refractivity contribution is -0.384. The summed E-state index contributed by atoms with van der Waals surface area (Å²) >= 11 is 9.45. The van der Waals surface area contributed by atoms with Gasteiger partial charge in [0.15, 0.2) is 0 Å². The number of rotatable bonds is 5. The number of nitrogens with one attached hydrogen (secondary N) is 1. The molecule has 0 saturated heterocycles. The fraction of sp³-hybridized carbons (Fsp3) is 0.143. The average Bonchev–Trinajstić information content (AvgIpc) is 2.46. The second kappa shape index (κ2) is 6.78. The second-order valence-corrected chi connectivity index (χ2v) is 5.55. The first-order chi connectivity index (χ1) is 10.0. The number of nitro groups is 1. The van der Waals surface area contributed by atoms with Crippen molar-refractivity contribution in [2.75, 3.05) is 12.4 Å². The van der Waals surface area contributed by atoms with E-state index >= 15 is 0 Å². The van der Waals surface area contributed by atoms with E-state index in [0.717, 1.165) is 10.2 Å². The van der Waals surface area contributed by atoms with Gasteiger partial charge in [-0.1, -0.05) is 27.5 Å². The van der Waals surface area contributed by atoms with Gasteiger partial charge in [-0.15, -0.1) is 0 Å². The fourth-order valence-electron chi connectivity index (χ4n) is 1.84. The molecule has 0 unspecified atom stereocenters. The van der Waals surface area contributed by atoms with Crippen LogP contribution in [0.3, 0.4) is 0 Å². The van der Waals surface area contributed by atoms with Gasteiger partial charge >= 0.3 is 0 Å². The number of methoxy groups -OCH3 is 1. The zero-order chi connectivity index (χ0) is 15.4. The normalized spacial score (nSPS) is 10.2. The van der Waals surface area contributed by atoms with Crippen LogP contribution in [-0.4, -0.2) is 12.0 Å². The molecule has 0 fully saturated rings. The molecule has 0 amide bonds. The van der Waals surface area contributed by atoms with Crippen LogP contribution in [0.5, 0.6) is 5.75 Å². The van der Waals surface area contributed by atoms with Gasteiger partial charge in [0.25, 0.3) is 5.69 Å². The molecule has 0 aliphatic heterocycles. The van der Waals surface area contributed by atoms with Gasteiger partial charge in [-0.05, 0) is 24.3 Å². The molecule has 0 heterocycles. The molecule has 0 spiro atoms. The number of halogens is 2. The molecule has 0 saturated carbocycles. The van der Waals surface area contributed by atoms with Gasteiger partial charge in [-0.3, -0.25) is 10.1 Å². The van der Waals surface area contributed by atoms with Gasteiger partial charge < -0.3 is 10.1 Å². The summed E-state index contributed by atoms with van der Waals surface area (Å²) in [5, 5.41) is 14.5. The summed E-state index contributed by atoms with van der Waals surface area (Å²) in [5.74, 6) is 0.585. The Kier molecular flexibility index (Phi) is 5.03. The Morgan fingerprint density at radius 1 is 1.33 bits per heavy atom. The van der Waals surface area contributed by atoms with Crippen molar-refractivity contribution < 1.29 is 9.66 Å². The Morgan fingerprint density at radius 3 is 2.71 bits per heavy atom. The molecule has 0 bridgehead atoms. The monoisotopic (exact) mass is 370 g/mol. The minimum absolute atomic E-state index is 0.0227. The lowest BCUT2D eigenvalue weighted by Crippen LogP contribution is -2.03. The van der Waals surface area contributed by atoms with Crippen LogP contribution in [0, 0.1) is 10.1 Å². The zero-order valence-corrected chi connectivity index (χ0v) is 13.4. The zero-order valence-electron chi connectivity index (χ0n) is 11.1. The molecule has 1 N–H and O–H groups in total. The SMILES string of the molecule is COc1ccc([N+](=O)[O-])cc1CNc1ccc(Br)cc1Cl. The summed E-state index contributed by atoms with van der Waals surface area (Å²) in [5.41, 5.74) is 1.45. The van der Waals surface area contributed by atoms with E-state index in [1.807, 2.05) is 12.1 Å². The Labute approximate surface area is 135 Å². The average molecular weight is 372 g/mol. The summed E-state index contributed by atoms with van der Waals surface area (Å²) < 4.78 is 6.10. The van der Waals surface area contributed by atoms with Crippen LogP contribution in [0.25, 0.3) is 0 Å². The van der Waals surface area contributed by atoms with E-state index in [2.05, 4.69) is 21.2 Å². The van der Waals surface area contributed by atoms with Crippen LogP contribution in [0.4, 0.5) is 11.4 Å². The third-order valence-electron chi connectivity index (χ3n) is 2.88. The van der Waals surface area contributed by atoms with E-state index < -0.39 is 4.92 Å². The molecule has 0 radical (unpaired) electrons. The first kappa shape index (κ1) is 15.6. The summed E-state index contributed by atoms with van der Waals surface area (Å²) in [6, 6.07) is 9.94. The van der Waals surface area contributed by atoms with Gasteiger partial charge in [0, 0.05) is 28.7 Å². The van der Waals surface area contributed by atoms with Crippen LogP contribution in [0.2, 0.25) is 5.02 Å². The lowest BCUT2D eigenvalue weighted by Gasteiger charge is -2.11. The number of anilines is 1. The van der Waals surface area contributed by atoms with Gasteiger partial charge in [-0.2, -0.15) is 0 Å². The smallest absolute Gasteiger partial charge is 0.270 e. The van der Waals surface area contributed by atoms with Gasteiger partial charge in [0.1, 0.15) is 5.75 Å². The van der Waals surface area contributed by atoms with Gasteiger partial charge in [0.2, 0.25) is 0 Å². The molecule has 0 aliphatic carbocycles. The molecule has 0 aromatic heterocycles. The predicted molar refractivity (Wildman–Crippen MR) is 86.1 cm³/mol. The maximum absolute atomic E-state index is 10.8. The van der Waals surface area contributed by atoms with Crippen molar-refractivity contribution in [1.29, 1.82) is 0 Å². The standard InChI is InChI=1S/C14H12BrClN2O3/c1-21-14-5-3-11(18(19)20)6-9(14)8-17-13-4-2-10(15)7-12(13)16/h2-7,17H,8H2,1H3. The van der Waals surface area contributed by atoms with E-state index in [1.165, 1.54) is 19.2 Å². The topological polar surface area (TPSA) is 64.4 Å². The Balaban J connectivity index is 2.22. The summed E-state index contributed by atoms with van der Waals surface area (Å²) in [6.07, 6.45) is 0. The first-order valence-electron chi connectivity index (χ1n) is 6.01. The highest BCUT2D eigenvalue weighted by atomic mass is 79.9. The molecule has 0 atom stereocenters. The highest BCUT2D eigenvalue weighted by Gasteiger charge is 2.11. The molecule has 2 aromatic rings. The maximum atomic E-state index is 10.8. The molecule has 21 heavy (non-hydrogen) atoms. The Bertz CT molecular complexity index is 679. The number of non-ortho nitro benzene ring substituents is 1. The number of ether oxygens (including phenoxy) is 1. The van der Waals surface area contributed by atoms with Crippen molar-refractivity contribution in [3.05, 3.63) is 61.6 Å². The van der Waals surface area contributed by atoms with Crippen molar-refractivity contribution in [3.63, 3.8) is 0 Å². The van der Waals surface area contributed by atoms with E-state index in [-0.39, 0.29) is 5.69 Å². The third-order valence-corrected chi connectivity index (χ3v) is 3.68. The minimum atomic E-state index is -0.435. The fourth-order valence-corrected chi connectivity index (χ4v) is 2.58. The molecule has 2 aromatic carbocycles. The van der Waals surface area contributed by atoms with Crippen LogP contribution in [0.1, 0.15) is 5.56 Å². The largest absolute Gasteiger partial charge is 0.496 e. The van der Waals surface area contributed by atoms with Crippen LogP contribution < -0.4 is 10.1 Å². The summed E-state index contributed by atoms with van der Waals surface area (Å²) in [7, 11) is 1.53. The number of benzene rings is 2. The summed E-state index contributed by atoms with van der Waals surface area (Å²) in [6.45, 7) is 0.367. The second-order valence-electron chi connectivity index (χ2n) is 4.23. The van der Waals surface area contributed by atoms with Crippen molar-refractivity contribution in [2.45, 2.75) is 6.54 Å². The maximum Gasteiger partial charge on any atom is 0.270 e. The number of hydrogen-bond donors (Lipinski definition) is 1. The molecule has 110 valence electrons.